The number of alkyl halides is 2. The molecule has 2 aromatic carbocycles. The molecule has 3 atom stereocenters. The molecule has 7 rings (SSSR count). The van der Waals surface area contributed by atoms with Crippen molar-refractivity contribution >= 4 is 55.0 Å². The zero-order valence-electron chi connectivity index (χ0n) is 23.3. The molecule has 3 aliphatic heterocycles. The van der Waals surface area contributed by atoms with Crippen LogP contribution in [-0.4, -0.2) is 76.7 Å². The first-order valence-electron chi connectivity index (χ1n) is 14.4. The number of halogens is 5. The molecule has 0 saturated carbocycles. The number of likely N-dealkylation sites (tertiary alicyclic amines) is 1. The highest BCUT2D eigenvalue weighted by Gasteiger charge is 2.39. The van der Waals surface area contributed by atoms with Gasteiger partial charge in [0.15, 0.2) is 10.9 Å². The summed E-state index contributed by atoms with van der Waals surface area (Å²) in [5.74, 6) is -3.32. The van der Waals surface area contributed by atoms with Gasteiger partial charge in [0.25, 0.3) is 5.92 Å². The highest BCUT2D eigenvalue weighted by Crippen LogP contribution is 2.44. The van der Waals surface area contributed by atoms with Crippen LogP contribution in [0.4, 0.5) is 28.5 Å². The smallest absolute Gasteiger partial charge is 0.319 e. The Hall–Kier alpha value is -3.00. The summed E-state index contributed by atoms with van der Waals surface area (Å²) in [6, 6.07) is 4.64. The van der Waals surface area contributed by atoms with Crippen molar-refractivity contribution in [1.82, 2.24) is 25.2 Å². The molecule has 3 saturated heterocycles. The van der Waals surface area contributed by atoms with Crippen molar-refractivity contribution in [3.63, 3.8) is 0 Å². The lowest BCUT2D eigenvalue weighted by Crippen LogP contribution is -2.52. The molecule has 228 valence electrons. The van der Waals surface area contributed by atoms with E-state index < -0.39 is 23.7 Å². The summed E-state index contributed by atoms with van der Waals surface area (Å²) in [6.07, 6.45) is 1.09. The third-order valence-corrected chi connectivity index (χ3v) is 9.85. The number of hydrogen-bond acceptors (Lipinski definition) is 9. The zero-order chi connectivity index (χ0) is 30.0. The number of nitrogens with one attached hydrogen (secondary N) is 1. The van der Waals surface area contributed by atoms with Gasteiger partial charge in [-0.15, -0.1) is 0 Å². The molecule has 3 N–H and O–H groups in total. The van der Waals surface area contributed by atoms with Gasteiger partial charge in [0.05, 0.1) is 15.2 Å². The van der Waals surface area contributed by atoms with Crippen LogP contribution in [0.15, 0.2) is 18.2 Å². The third-order valence-electron chi connectivity index (χ3n) is 8.66. The van der Waals surface area contributed by atoms with E-state index >= 15 is 4.39 Å². The molecular weight excluding hydrogens is 606 g/mol. The summed E-state index contributed by atoms with van der Waals surface area (Å²) >= 11 is 7.75. The average molecular weight is 636 g/mol. The van der Waals surface area contributed by atoms with Gasteiger partial charge in [-0.1, -0.05) is 22.9 Å². The molecule has 0 amide bonds. The molecule has 5 heterocycles. The van der Waals surface area contributed by atoms with Crippen LogP contribution in [0.1, 0.15) is 32.6 Å². The van der Waals surface area contributed by atoms with E-state index in [9.17, 15) is 13.2 Å². The van der Waals surface area contributed by atoms with E-state index in [-0.39, 0.29) is 75.5 Å². The van der Waals surface area contributed by atoms with Crippen molar-refractivity contribution in [2.75, 3.05) is 43.4 Å². The number of hydrogen-bond donors (Lipinski definition) is 2. The van der Waals surface area contributed by atoms with Crippen molar-refractivity contribution in [2.45, 2.75) is 56.7 Å². The van der Waals surface area contributed by atoms with Gasteiger partial charge in [-0.2, -0.15) is 9.97 Å². The fraction of sp³-hybridized carbons (Fsp3) is 0.483. The standard InChI is InChI=1S/C29H30ClF4N7OS/c1-14(13-40-8-6-29(33,34)7-9-40)42-28-38-23-18(26(39-28)41-15-2-3-16(41)12-36-11-15)10-19(30)21(22(23)32)17-4-5-20(31)25-24(17)37-27(35)43-25/h4-5,10,14-16,36H,2-3,6-9,11-13H2,1H3,(H2,35,37). The van der Waals surface area contributed by atoms with Gasteiger partial charge >= 0.3 is 6.01 Å². The summed E-state index contributed by atoms with van der Waals surface area (Å²) in [5.41, 5.74) is 6.45. The summed E-state index contributed by atoms with van der Waals surface area (Å²) in [5, 5.41) is 4.16. The monoisotopic (exact) mass is 635 g/mol. The van der Waals surface area contributed by atoms with E-state index in [0.29, 0.717) is 23.3 Å². The average Bonchev–Trinajstić information content (AvgIpc) is 3.47. The number of nitrogens with zero attached hydrogens (tertiary/aromatic N) is 5. The van der Waals surface area contributed by atoms with Crippen molar-refractivity contribution in [3.05, 3.63) is 34.9 Å². The van der Waals surface area contributed by atoms with Crippen LogP contribution in [0.3, 0.4) is 0 Å². The lowest BCUT2D eigenvalue weighted by Gasteiger charge is -2.37. The number of benzene rings is 2. The van der Waals surface area contributed by atoms with E-state index in [1.807, 2.05) is 11.8 Å². The lowest BCUT2D eigenvalue weighted by molar-refractivity contribution is -0.0595. The van der Waals surface area contributed by atoms with E-state index in [1.165, 1.54) is 12.1 Å². The zero-order valence-corrected chi connectivity index (χ0v) is 24.9. The number of ether oxygens (including phenoxy) is 1. The Labute approximate surface area is 254 Å². The minimum Gasteiger partial charge on any atom is -0.459 e. The number of piperazine rings is 1. The van der Waals surface area contributed by atoms with Crippen molar-refractivity contribution in [3.8, 4) is 17.1 Å². The number of nitrogens with two attached hydrogens (primary N) is 1. The van der Waals surface area contributed by atoms with Crippen LogP contribution < -0.4 is 20.7 Å². The van der Waals surface area contributed by atoms with Gasteiger partial charge in [-0.3, -0.25) is 4.90 Å². The minimum absolute atomic E-state index is 0.00963. The molecule has 4 aromatic rings. The van der Waals surface area contributed by atoms with E-state index in [2.05, 4.69) is 20.2 Å². The Balaban J connectivity index is 1.32. The normalized spacial score (nSPS) is 22.9. The number of fused-ring (bicyclic) bond motifs is 4. The number of rotatable bonds is 6. The highest BCUT2D eigenvalue weighted by atomic mass is 35.5. The first-order valence-corrected chi connectivity index (χ1v) is 15.6. The largest absolute Gasteiger partial charge is 0.459 e. The van der Waals surface area contributed by atoms with Gasteiger partial charge in [-0.05, 0) is 38.0 Å². The summed E-state index contributed by atoms with van der Waals surface area (Å²) < 4.78 is 64.9. The maximum atomic E-state index is 16.7. The molecule has 0 aliphatic carbocycles. The van der Waals surface area contributed by atoms with Crippen LogP contribution in [0.2, 0.25) is 5.02 Å². The Morgan fingerprint density at radius 1 is 1.12 bits per heavy atom. The van der Waals surface area contributed by atoms with Crippen LogP contribution in [0, 0.1) is 11.6 Å². The van der Waals surface area contributed by atoms with Crippen LogP contribution >= 0.6 is 22.9 Å². The molecule has 3 aliphatic rings. The topological polar surface area (TPSA) is 92.4 Å². The Morgan fingerprint density at radius 3 is 2.56 bits per heavy atom. The molecule has 0 spiro atoms. The van der Waals surface area contributed by atoms with Gasteiger partial charge < -0.3 is 20.7 Å². The van der Waals surface area contributed by atoms with Crippen molar-refractivity contribution < 1.29 is 22.3 Å². The molecule has 14 heteroatoms. The number of piperidine rings is 1. The Bertz CT molecular complexity index is 1700. The molecule has 2 aromatic heterocycles. The van der Waals surface area contributed by atoms with Crippen LogP contribution in [0.25, 0.3) is 32.2 Å². The minimum atomic E-state index is -2.64. The van der Waals surface area contributed by atoms with Crippen LogP contribution in [-0.2, 0) is 0 Å². The fourth-order valence-corrected chi connectivity index (χ4v) is 7.68. The summed E-state index contributed by atoms with van der Waals surface area (Å²) in [7, 11) is 0. The number of aromatic nitrogens is 3. The number of thiazole rings is 1. The van der Waals surface area contributed by atoms with Gasteiger partial charge in [0.1, 0.15) is 23.3 Å². The van der Waals surface area contributed by atoms with E-state index in [4.69, 9.17) is 27.1 Å². The predicted molar refractivity (Wildman–Crippen MR) is 160 cm³/mol. The van der Waals surface area contributed by atoms with Crippen molar-refractivity contribution in [1.29, 1.82) is 0 Å². The first kappa shape index (κ1) is 28.8. The second-order valence-corrected chi connectivity index (χ2v) is 13.1. The highest BCUT2D eigenvalue weighted by molar-refractivity contribution is 7.22. The van der Waals surface area contributed by atoms with Crippen LogP contribution in [0.5, 0.6) is 6.01 Å². The molecule has 3 fully saturated rings. The number of anilines is 2. The van der Waals surface area contributed by atoms with E-state index in [0.717, 1.165) is 37.3 Å². The molecule has 2 bridgehead atoms. The third kappa shape index (κ3) is 5.23. The Kier molecular flexibility index (Phi) is 7.26. The fourth-order valence-electron chi connectivity index (χ4n) is 6.62. The second kappa shape index (κ2) is 10.9. The quantitative estimate of drug-likeness (QED) is 0.255. The SMILES string of the molecule is CC(CN1CCC(F)(F)CC1)Oc1nc(N2C3CCC2CNC3)c2cc(Cl)c(-c3ccc(F)c4sc(N)nc34)c(F)c2n1. The van der Waals surface area contributed by atoms with Gasteiger partial charge in [0.2, 0.25) is 0 Å². The maximum Gasteiger partial charge on any atom is 0.319 e. The van der Waals surface area contributed by atoms with Crippen molar-refractivity contribution in [2.24, 2.45) is 0 Å². The molecule has 3 unspecified atom stereocenters. The van der Waals surface area contributed by atoms with Gasteiger partial charge in [0, 0.05) is 74.2 Å². The summed E-state index contributed by atoms with van der Waals surface area (Å²) in [6.45, 7) is 4.28. The maximum absolute atomic E-state index is 16.7. The Morgan fingerprint density at radius 2 is 1.84 bits per heavy atom. The summed E-state index contributed by atoms with van der Waals surface area (Å²) in [4.78, 5) is 17.7. The predicted octanol–water partition coefficient (Wildman–Crippen LogP) is 5.86. The molecule has 43 heavy (non-hydrogen) atoms. The lowest BCUT2D eigenvalue weighted by atomic mass is 10.0. The second-order valence-electron chi connectivity index (χ2n) is 11.6. The molecular formula is C29H30ClF4N7OS. The molecule has 8 nitrogen and oxygen atoms in total. The first-order chi connectivity index (χ1) is 20.6. The van der Waals surface area contributed by atoms with E-state index in [1.54, 1.807) is 6.07 Å². The number of nitrogen functional groups attached to an aromatic ring is 1. The van der Waals surface area contributed by atoms with Gasteiger partial charge in [-0.25, -0.2) is 22.5 Å². The molecule has 0 radical (unpaired) electrons.